The van der Waals surface area contributed by atoms with E-state index in [4.69, 9.17) is 20.9 Å². The Morgan fingerprint density at radius 3 is 2.56 bits per heavy atom. The molecular formula is C11H16N2O3. The molecule has 0 aliphatic heterocycles. The van der Waals surface area contributed by atoms with Crippen molar-refractivity contribution in [3.05, 3.63) is 23.8 Å². The fourth-order valence-electron chi connectivity index (χ4n) is 1.53. The van der Waals surface area contributed by atoms with Crippen LogP contribution in [0, 0.1) is 0 Å². The van der Waals surface area contributed by atoms with Gasteiger partial charge in [0.2, 0.25) is 5.91 Å². The maximum Gasteiger partial charge on any atom is 0.219 e. The SMILES string of the molecule is COc1cccc([C@@H](N)CC(N)=O)c1OC. The minimum atomic E-state index is -0.484. The van der Waals surface area contributed by atoms with Crippen LogP contribution in [0.1, 0.15) is 18.0 Å². The van der Waals surface area contributed by atoms with E-state index in [0.717, 1.165) is 0 Å². The molecule has 1 aromatic carbocycles. The molecule has 5 heteroatoms. The number of methoxy groups -OCH3 is 2. The molecule has 0 heterocycles. The number of hydrogen-bond acceptors (Lipinski definition) is 4. The molecule has 1 rings (SSSR count). The number of hydrogen-bond donors (Lipinski definition) is 2. The smallest absolute Gasteiger partial charge is 0.219 e. The summed E-state index contributed by atoms with van der Waals surface area (Å²) in [6, 6.07) is 4.86. The first kappa shape index (κ1) is 12.3. The van der Waals surface area contributed by atoms with Gasteiger partial charge < -0.3 is 20.9 Å². The largest absolute Gasteiger partial charge is 0.493 e. The van der Waals surface area contributed by atoms with Crippen molar-refractivity contribution in [2.75, 3.05) is 14.2 Å². The van der Waals surface area contributed by atoms with Crippen molar-refractivity contribution in [3.63, 3.8) is 0 Å². The summed E-state index contributed by atoms with van der Waals surface area (Å²) in [5.74, 6) is 0.677. The van der Waals surface area contributed by atoms with Crippen LogP contribution in [-0.2, 0) is 4.79 Å². The highest BCUT2D eigenvalue weighted by molar-refractivity contribution is 5.75. The molecule has 0 aliphatic rings. The van der Waals surface area contributed by atoms with E-state index in [9.17, 15) is 4.79 Å². The summed E-state index contributed by atoms with van der Waals surface area (Å²) < 4.78 is 10.3. The molecule has 0 saturated heterocycles. The summed E-state index contributed by atoms with van der Waals surface area (Å²) in [6.45, 7) is 0. The molecule has 1 aromatic rings. The third-order valence-corrected chi connectivity index (χ3v) is 2.25. The Hall–Kier alpha value is -1.75. The van der Waals surface area contributed by atoms with Crippen LogP contribution < -0.4 is 20.9 Å². The van der Waals surface area contributed by atoms with Gasteiger partial charge in [0.25, 0.3) is 0 Å². The van der Waals surface area contributed by atoms with Crippen LogP contribution in [0.2, 0.25) is 0 Å². The molecular weight excluding hydrogens is 208 g/mol. The summed E-state index contributed by atoms with van der Waals surface area (Å²) in [7, 11) is 3.07. The number of carbonyl (C=O) groups is 1. The van der Waals surface area contributed by atoms with Crippen molar-refractivity contribution >= 4 is 5.91 Å². The number of carbonyl (C=O) groups excluding carboxylic acids is 1. The van der Waals surface area contributed by atoms with E-state index >= 15 is 0 Å². The fraction of sp³-hybridized carbons (Fsp3) is 0.364. The number of ether oxygens (including phenoxy) is 2. The lowest BCUT2D eigenvalue weighted by atomic mass is 10.0. The number of amides is 1. The number of benzene rings is 1. The van der Waals surface area contributed by atoms with E-state index in [0.29, 0.717) is 17.1 Å². The second kappa shape index (κ2) is 5.37. The van der Waals surface area contributed by atoms with E-state index in [1.165, 1.54) is 7.11 Å². The topological polar surface area (TPSA) is 87.6 Å². The highest BCUT2D eigenvalue weighted by Gasteiger charge is 2.17. The van der Waals surface area contributed by atoms with Gasteiger partial charge >= 0.3 is 0 Å². The standard InChI is InChI=1S/C11H16N2O3/c1-15-9-5-3-4-7(11(9)16-2)8(12)6-10(13)14/h3-5,8H,6,12H2,1-2H3,(H2,13,14)/t8-/m0/s1. The van der Waals surface area contributed by atoms with Gasteiger partial charge in [0, 0.05) is 18.0 Å². The lowest BCUT2D eigenvalue weighted by Crippen LogP contribution is -2.21. The Morgan fingerprint density at radius 2 is 2.06 bits per heavy atom. The van der Waals surface area contributed by atoms with Gasteiger partial charge in [0.05, 0.1) is 14.2 Å². The number of nitrogens with two attached hydrogens (primary N) is 2. The van der Waals surface area contributed by atoms with Crippen molar-refractivity contribution in [1.29, 1.82) is 0 Å². The van der Waals surface area contributed by atoms with Crippen molar-refractivity contribution < 1.29 is 14.3 Å². The van der Waals surface area contributed by atoms with Crippen LogP contribution in [0.3, 0.4) is 0 Å². The molecule has 0 radical (unpaired) electrons. The maximum atomic E-state index is 10.8. The van der Waals surface area contributed by atoms with Gasteiger partial charge in [0.15, 0.2) is 11.5 Å². The van der Waals surface area contributed by atoms with Crippen LogP contribution in [0.5, 0.6) is 11.5 Å². The molecule has 0 aromatic heterocycles. The monoisotopic (exact) mass is 224 g/mol. The van der Waals surface area contributed by atoms with Gasteiger partial charge in [-0.25, -0.2) is 0 Å². The molecule has 0 spiro atoms. The average molecular weight is 224 g/mol. The second-order valence-electron chi connectivity index (χ2n) is 3.36. The Bertz CT molecular complexity index is 379. The summed E-state index contributed by atoms with van der Waals surface area (Å²) in [4.78, 5) is 10.8. The van der Waals surface area contributed by atoms with E-state index in [-0.39, 0.29) is 6.42 Å². The Balaban J connectivity index is 3.07. The molecule has 5 nitrogen and oxygen atoms in total. The van der Waals surface area contributed by atoms with Gasteiger partial charge in [0.1, 0.15) is 0 Å². The third kappa shape index (κ3) is 2.64. The molecule has 0 aliphatic carbocycles. The van der Waals surface area contributed by atoms with Gasteiger partial charge in [-0.05, 0) is 6.07 Å². The van der Waals surface area contributed by atoms with Gasteiger partial charge in [-0.1, -0.05) is 12.1 Å². The van der Waals surface area contributed by atoms with Crippen LogP contribution in [-0.4, -0.2) is 20.1 Å². The van der Waals surface area contributed by atoms with E-state index in [1.54, 1.807) is 25.3 Å². The van der Waals surface area contributed by atoms with E-state index < -0.39 is 11.9 Å². The number of rotatable bonds is 5. The van der Waals surface area contributed by atoms with Crippen LogP contribution >= 0.6 is 0 Å². The fourth-order valence-corrected chi connectivity index (χ4v) is 1.53. The average Bonchev–Trinajstić information content (AvgIpc) is 2.26. The highest BCUT2D eigenvalue weighted by atomic mass is 16.5. The normalized spacial score (nSPS) is 11.9. The second-order valence-corrected chi connectivity index (χ2v) is 3.36. The van der Waals surface area contributed by atoms with Crippen molar-refractivity contribution in [1.82, 2.24) is 0 Å². The summed E-state index contributed by atoms with van der Waals surface area (Å²) in [5, 5.41) is 0. The lowest BCUT2D eigenvalue weighted by Gasteiger charge is -2.16. The molecule has 0 unspecified atom stereocenters. The minimum Gasteiger partial charge on any atom is -0.493 e. The van der Waals surface area contributed by atoms with Gasteiger partial charge in [-0.15, -0.1) is 0 Å². The molecule has 1 amide bonds. The molecule has 0 bridgehead atoms. The first-order valence-electron chi connectivity index (χ1n) is 4.85. The minimum absolute atomic E-state index is 0.0729. The van der Waals surface area contributed by atoms with Crippen molar-refractivity contribution in [2.45, 2.75) is 12.5 Å². The van der Waals surface area contributed by atoms with Crippen LogP contribution in [0.25, 0.3) is 0 Å². The van der Waals surface area contributed by atoms with Gasteiger partial charge in [-0.3, -0.25) is 4.79 Å². The first-order chi connectivity index (χ1) is 7.60. The highest BCUT2D eigenvalue weighted by Crippen LogP contribution is 2.34. The summed E-state index contributed by atoms with van der Waals surface area (Å²) >= 11 is 0. The summed E-state index contributed by atoms with van der Waals surface area (Å²) in [5.41, 5.74) is 11.7. The molecule has 0 saturated carbocycles. The number of para-hydroxylation sites is 1. The Kier molecular flexibility index (Phi) is 4.13. The van der Waals surface area contributed by atoms with Crippen molar-refractivity contribution in [2.24, 2.45) is 11.5 Å². The van der Waals surface area contributed by atoms with Gasteiger partial charge in [-0.2, -0.15) is 0 Å². The molecule has 1 atom stereocenters. The van der Waals surface area contributed by atoms with E-state index in [2.05, 4.69) is 0 Å². The summed E-state index contributed by atoms with van der Waals surface area (Å²) in [6.07, 6.45) is 0.0729. The lowest BCUT2D eigenvalue weighted by molar-refractivity contribution is -0.118. The van der Waals surface area contributed by atoms with Crippen LogP contribution in [0.15, 0.2) is 18.2 Å². The maximum absolute atomic E-state index is 10.8. The predicted octanol–water partition coefficient (Wildman–Crippen LogP) is 0.579. The first-order valence-corrected chi connectivity index (χ1v) is 4.85. The zero-order valence-electron chi connectivity index (χ0n) is 9.40. The van der Waals surface area contributed by atoms with E-state index in [1.807, 2.05) is 0 Å². The number of primary amides is 1. The molecule has 4 N–H and O–H groups in total. The molecule has 0 fully saturated rings. The zero-order chi connectivity index (χ0) is 12.1. The quantitative estimate of drug-likeness (QED) is 0.765. The molecule has 16 heavy (non-hydrogen) atoms. The van der Waals surface area contributed by atoms with Crippen LogP contribution in [0.4, 0.5) is 0 Å². The van der Waals surface area contributed by atoms with Crippen molar-refractivity contribution in [3.8, 4) is 11.5 Å². The zero-order valence-corrected chi connectivity index (χ0v) is 9.40. The Labute approximate surface area is 94.3 Å². The predicted molar refractivity (Wildman–Crippen MR) is 60.3 cm³/mol. The molecule has 88 valence electrons. The Morgan fingerprint density at radius 1 is 1.38 bits per heavy atom. The third-order valence-electron chi connectivity index (χ3n) is 2.25.